The number of hydrogen-bond donors (Lipinski definition) is 1. The van der Waals surface area contributed by atoms with Crippen molar-refractivity contribution in [3.63, 3.8) is 0 Å². The summed E-state index contributed by atoms with van der Waals surface area (Å²) < 4.78 is 5.40. The standard InChI is InChI=1S/C12H20N4O/c1-10-2-5-16(6-3-10)11-8-12(15-9-14-11)17-7-4-13/h8-10H,2-7,13H2,1H3. The third-order valence-corrected chi connectivity index (χ3v) is 3.10. The Morgan fingerprint density at radius 3 is 2.88 bits per heavy atom. The van der Waals surface area contributed by atoms with Crippen molar-refractivity contribution in [1.29, 1.82) is 0 Å². The molecule has 0 radical (unpaired) electrons. The first-order valence-corrected chi connectivity index (χ1v) is 6.19. The molecule has 0 aromatic carbocycles. The predicted molar refractivity (Wildman–Crippen MR) is 67.2 cm³/mol. The highest BCUT2D eigenvalue weighted by Gasteiger charge is 2.17. The van der Waals surface area contributed by atoms with Crippen LogP contribution in [0.1, 0.15) is 19.8 Å². The largest absolute Gasteiger partial charge is 0.476 e. The fourth-order valence-electron chi connectivity index (χ4n) is 1.98. The number of nitrogens with two attached hydrogens (primary N) is 1. The molecule has 1 aromatic rings. The van der Waals surface area contributed by atoms with Gasteiger partial charge in [0.05, 0.1) is 0 Å². The normalized spacial score (nSPS) is 17.2. The van der Waals surface area contributed by atoms with Gasteiger partial charge >= 0.3 is 0 Å². The number of hydrogen-bond acceptors (Lipinski definition) is 5. The summed E-state index contributed by atoms with van der Waals surface area (Å²) in [5.41, 5.74) is 5.39. The number of piperidine rings is 1. The molecule has 5 heteroatoms. The second-order valence-corrected chi connectivity index (χ2v) is 4.52. The van der Waals surface area contributed by atoms with Crippen LogP contribution < -0.4 is 15.4 Å². The molecule has 0 unspecified atom stereocenters. The van der Waals surface area contributed by atoms with E-state index in [2.05, 4.69) is 21.8 Å². The summed E-state index contributed by atoms with van der Waals surface area (Å²) in [4.78, 5) is 10.7. The van der Waals surface area contributed by atoms with E-state index in [9.17, 15) is 0 Å². The maximum Gasteiger partial charge on any atom is 0.218 e. The Hall–Kier alpha value is -1.36. The van der Waals surface area contributed by atoms with Crippen LogP contribution in [0.25, 0.3) is 0 Å². The summed E-state index contributed by atoms with van der Waals surface area (Å²) in [6.45, 7) is 5.42. The maximum atomic E-state index is 5.40. The lowest BCUT2D eigenvalue weighted by Crippen LogP contribution is -2.33. The van der Waals surface area contributed by atoms with E-state index in [0.717, 1.165) is 24.8 Å². The van der Waals surface area contributed by atoms with Crippen LogP contribution in [0.15, 0.2) is 12.4 Å². The van der Waals surface area contributed by atoms with Gasteiger partial charge in [-0.25, -0.2) is 9.97 Å². The summed E-state index contributed by atoms with van der Waals surface area (Å²) in [7, 11) is 0. The van der Waals surface area contributed by atoms with Crippen molar-refractivity contribution >= 4 is 5.82 Å². The van der Waals surface area contributed by atoms with Crippen LogP contribution in [0.4, 0.5) is 5.82 Å². The van der Waals surface area contributed by atoms with Gasteiger partial charge in [-0.2, -0.15) is 0 Å². The van der Waals surface area contributed by atoms with Crippen LogP contribution in [-0.4, -0.2) is 36.2 Å². The van der Waals surface area contributed by atoms with E-state index in [4.69, 9.17) is 10.5 Å². The van der Waals surface area contributed by atoms with E-state index in [1.165, 1.54) is 12.8 Å². The monoisotopic (exact) mass is 236 g/mol. The van der Waals surface area contributed by atoms with Gasteiger partial charge in [-0.05, 0) is 18.8 Å². The molecule has 0 amide bonds. The van der Waals surface area contributed by atoms with E-state index in [1.807, 2.05) is 6.07 Å². The number of rotatable bonds is 4. The Balaban J connectivity index is 2.00. The molecular weight excluding hydrogens is 216 g/mol. The average molecular weight is 236 g/mol. The second kappa shape index (κ2) is 5.82. The van der Waals surface area contributed by atoms with E-state index in [0.29, 0.717) is 19.0 Å². The number of anilines is 1. The van der Waals surface area contributed by atoms with Gasteiger partial charge in [0, 0.05) is 25.7 Å². The summed E-state index contributed by atoms with van der Waals surface area (Å²) >= 11 is 0. The van der Waals surface area contributed by atoms with Gasteiger partial charge in [-0.15, -0.1) is 0 Å². The maximum absolute atomic E-state index is 5.40. The Bertz CT molecular complexity index is 350. The average Bonchev–Trinajstić information content (AvgIpc) is 2.37. The highest BCUT2D eigenvalue weighted by atomic mass is 16.5. The summed E-state index contributed by atoms with van der Waals surface area (Å²) in [5.74, 6) is 2.39. The minimum Gasteiger partial charge on any atom is -0.476 e. The van der Waals surface area contributed by atoms with Crippen LogP contribution in [0, 0.1) is 5.92 Å². The lowest BCUT2D eigenvalue weighted by atomic mass is 9.99. The van der Waals surface area contributed by atoms with Crippen molar-refractivity contribution in [2.24, 2.45) is 11.7 Å². The second-order valence-electron chi connectivity index (χ2n) is 4.52. The zero-order chi connectivity index (χ0) is 12.1. The van der Waals surface area contributed by atoms with Gasteiger partial charge in [0.15, 0.2) is 0 Å². The SMILES string of the molecule is CC1CCN(c2cc(OCCN)ncn2)CC1. The first kappa shape index (κ1) is 12.1. The third-order valence-electron chi connectivity index (χ3n) is 3.10. The molecule has 0 bridgehead atoms. The molecule has 1 aliphatic heterocycles. The zero-order valence-corrected chi connectivity index (χ0v) is 10.3. The molecule has 17 heavy (non-hydrogen) atoms. The zero-order valence-electron chi connectivity index (χ0n) is 10.3. The Labute approximate surface area is 102 Å². The Morgan fingerprint density at radius 1 is 1.41 bits per heavy atom. The van der Waals surface area contributed by atoms with E-state index in [-0.39, 0.29) is 0 Å². The van der Waals surface area contributed by atoms with Crippen molar-refractivity contribution in [2.45, 2.75) is 19.8 Å². The minimum atomic E-state index is 0.494. The topological polar surface area (TPSA) is 64.3 Å². The molecule has 1 saturated heterocycles. The van der Waals surface area contributed by atoms with Crippen LogP contribution >= 0.6 is 0 Å². The Morgan fingerprint density at radius 2 is 2.18 bits per heavy atom. The van der Waals surface area contributed by atoms with Crippen LogP contribution in [0.3, 0.4) is 0 Å². The van der Waals surface area contributed by atoms with E-state index < -0.39 is 0 Å². The molecule has 94 valence electrons. The molecule has 0 aliphatic carbocycles. The summed E-state index contributed by atoms with van der Waals surface area (Å²) in [6.07, 6.45) is 4.01. The quantitative estimate of drug-likeness (QED) is 0.846. The number of aromatic nitrogens is 2. The molecule has 2 rings (SSSR count). The molecular formula is C12H20N4O. The molecule has 1 fully saturated rings. The molecule has 1 aliphatic rings. The molecule has 0 saturated carbocycles. The lowest BCUT2D eigenvalue weighted by Gasteiger charge is -2.31. The van der Waals surface area contributed by atoms with Crippen molar-refractivity contribution in [3.05, 3.63) is 12.4 Å². The summed E-state index contributed by atoms with van der Waals surface area (Å²) in [6, 6.07) is 1.89. The van der Waals surface area contributed by atoms with Crippen molar-refractivity contribution in [1.82, 2.24) is 9.97 Å². The summed E-state index contributed by atoms with van der Waals surface area (Å²) in [5, 5.41) is 0. The van der Waals surface area contributed by atoms with Gasteiger partial charge in [-0.3, -0.25) is 0 Å². The lowest BCUT2D eigenvalue weighted by molar-refractivity contribution is 0.315. The van der Waals surface area contributed by atoms with Gasteiger partial charge in [0.1, 0.15) is 18.8 Å². The molecule has 5 nitrogen and oxygen atoms in total. The smallest absolute Gasteiger partial charge is 0.218 e. The predicted octanol–water partition coefficient (Wildman–Crippen LogP) is 1.05. The number of ether oxygens (including phenoxy) is 1. The first-order valence-electron chi connectivity index (χ1n) is 6.19. The highest BCUT2D eigenvalue weighted by molar-refractivity contribution is 5.41. The number of nitrogens with zero attached hydrogens (tertiary/aromatic N) is 3. The molecule has 0 atom stereocenters. The van der Waals surface area contributed by atoms with Gasteiger partial charge in [0.25, 0.3) is 0 Å². The fraction of sp³-hybridized carbons (Fsp3) is 0.667. The van der Waals surface area contributed by atoms with Gasteiger partial charge in [0.2, 0.25) is 5.88 Å². The Kier molecular flexibility index (Phi) is 4.14. The van der Waals surface area contributed by atoms with Crippen LogP contribution in [0.2, 0.25) is 0 Å². The van der Waals surface area contributed by atoms with Crippen molar-refractivity contribution in [2.75, 3.05) is 31.1 Å². The first-order chi connectivity index (χ1) is 8.29. The van der Waals surface area contributed by atoms with Crippen LogP contribution in [-0.2, 0) is 0 Å². The molecule has 2 heterocycles. The van der Waals surface area contributed by atoms with Crippen molar-refractivity contribution < 1.29 is 4.74 Å². The van der Waals surface area contributed by atoms with E-state index >= 15 is 0 Å². The van der Waals surface area contributed by atoms with E-state index in [1.54, 1.807) is 6.33 Å². The highest BCUT2D eigenvalue weighted by Crippen LogP contribution is 2.22. The van der Waals surface area contributed by atoms with Gasteiger partial charge in [-0.1, -0.05) is 6.92 Å². The molecule has 1 aromatic heterocycles. The van der Waals surface area contributed by atoms with Crippen LogP contribution in [0.5, 0.6) is 5.88 Å². The third kappa shape index (κ3) is 3.30. The van der Waals surface area contributed by atoms with Gasteiger partial charge < -0.3 is 15.4 Å². The van der Waals surface area contributed by atoms with Crippen molar-refractivity contribution in [3.8, 4) is 5.88 Å². The minimum absolute atomic E-state index is 0.494. The molecule has 2 N–H and O–H groups in total. The molecule has 0 spiro atoms. The fourth-order valence-corrected chi connectivity index (χ4v) is 1.98.